The zero-order valence-electron chi connectivity index (χ0n) is 28.4. The van der Waals surface area contributed by atoms with Gasteiger partial charge in [-0.3, -0.25) is 0 Å². The molecule has 0 saturated carbocycles. The van der Waals surface area contributed by atoms with Crippen LogP contribution in [0.15, 0.2) is 47.5 Å². The molecule has 5 heteroatoms. The molecule has 2 aromatic carbocycles. The van der Waals surface area contributed by atoms with Crippen LogP contribution >= 0.6 is 0 Å². The van der Waals surface area contributed by atoms with Crippen LogP contribution in [-0.4, -0.2) is 17.9 Å². The van der Waals surface area contributed by atoms with Crippen molar-refractivity contribution in [2.45, 2.75) is 132 Å². The van der Waals surface area contributed by atoms with E-state index in [1.54, 1.807) is 4.70 Å². The Morgan fingerprint density at radius 2 is 0.930 bits per heavy atom. The monoisotopic (exact) mass is 632 g/mol. The molecular formula is C38H58N2NiO2. The first-order valence-electron chi connectivity index (χ1n) is 17.0. The number of nitrogens with zero attached hydrogens (tertiary/aromatic N) is 2. The number of hydrogen-bond acceptors (Lipinski definition) is 2. The van der Waals surface area contributed by atoms with Crippen LogP contribution in [0.25, 0.3) is 16.9 Å². The van der Waals surface area contributed by atoms with Gasteiger partial charge in [0.1, 0.15) is 0 Å². The molecule has 242 valence electrons. The van der Waals surface area contributed by atoms with E-state index in [-0.39, 0.29) is 0 Å². The van der Waals surface area contributed by atoms with Crippen molar-refractivity contribution in [3.63, 3.8) is 0 Å². The Balaban J connectivity index is 0.000000821. The predicted molar refractivity (Wildman–Crippen MR) is 179 cm³/mol. The van der Waals surface area contributed by atoms with Crippen molar-refractivity contribution in [2.75, 3.05) is 13.2 Å². The summed E-state index contributed by atoms with van der Waals surface area (Å²) in [6.45, 7) is 18.7. The van der Waals surface area contributed by atoms with Gasteiger partial charge >= 0.3 is 49.9 Å². The molecule has 0 aromatic heterocycles. The normalized spacial score (nSPS) is 13.3. The number of unbranched alkanes of at least 4 members (excludes halogenated alkanes) is 4. The summed E-state index contributed by atoms with van der Waals surface area (Å²) in [4.78, 5) is 0. The fourth-order valence-electron chi connectivity index (χ4n) is 5.58. The number of allylic oxidation sites excluding steroid dienone is 2. The van der Waals surface area contributed by atoms with Crippen LogP contribution in [0.4, 0.5) is 0 Å². The van der Waals surface area contributed by atoms with Crippen molar-refractivity contribution in [1.82, 2.24) is 0 Å². The number of benzene rings is 2. The average Bonchev–Trinajstić information content (AvgIpc) is 3.32. The molecule has 0 N–H and O–H groups in total. The third-order valence-electron chi connectivity index (χ3n) is 7.96. The maximum atomic E-state index is 12.0. The Hall–Kier alpha value is -2.07. The van der Waals surface area contributed by atoms with Gasteiger partial charge < -0.3 is 5.53 Å². The second-order valence-electron chi connectivity index (χ2n) is 11.2. The van der Waals surface area contributed by atoms with Crippen LogP contribution in [-0.2, 0) is 48.5 Å². The van der Waals surface area contributed by atoms with Crippen molar-refractivity contribution in [3.05, 3.63) is 86.5 Å². The molecule has 0 unspecified atom stereocenters. The minimum atomic E-state index is 0.708. The van der Waals surface area contributed by atoms with Crippen LogP contribution in [0.2, 0.25) is 0 Å². The van der Waals surface area contributed by atoms with Crippen LogP contribution in [0.1, 0.15) is 140 Å². The molecule has 1 aliphatic rings. The Labute approximate surface area is 270 Å². The van der Waals surface area contributed by atoms with E-state index in [2.05, 4.69) is 77.9 Å². The quantitative estimate of drug-likeness (QED) is 0.0931. The van der Waals surface area contributed by atoms with Gasteiger partial charge in [0, 0.05) is 22.3 Å². The van der Waals surface area contributed by atoms with E-state index in [4.69, 9.17) is 7.76 Å². The van der Waals surface area contributed by atoms with Crippen molar-refractivity contribution < 1.29 is 27.5 Å². The third-order valence-corrected chi connectivity index (χ3v) is 8.77. The van der Waals surface area contributed by atoms with Gasteiger partial charge in [0.2, 0.25) is 11.4 Å². The maximum absolute atomic E-state index is 12.0. The van der Waals surface area contributed by atoms with Crippen molar-refractivity contribution in [1.29, 1.82) is 0 Å². The molecule has 0 fully saturated rings. The second kappa shape index (κ2) is 20.8. The predicted octanol–water partition coefficient (Wildman–Crippen LogP) is 11.2. The molecule has 1 aliphatic heterocycles. The van der Waals surface area contributed by atoms with Crippen LogP contribution < -0.4 is 0 Å². The number of aryl methyl sites for hydroxylation is 4. The van der Waals surface area contributed by atoms with E-state index in [1.165, 1.54) is 70.2 Å². The zero-order chi connectivity index (χ0) is 31.6. The molecular weight excluding hydrogens is 575 g/mol. The Bertz CT molecular complexity index is 1170. The molecule has 0 bridgehead atoms. The van der Waals surface area contributed by atoms with Gasteiger partial charge in [-0.05, 0) is 97.9 Å². The molecule has 4 nitrogen and oxygen atoms in total. The van der Waals surface area contributed by atoms with Gasteiger partial charge in [0.05, 0.1) is 0 Å². The summed E-state index contributed by atoms with van der Waals surface area (Å²) < 4.78 is 11.2. The molecule has 1 heterocycles. The van der Waals surface area contributed by atoms with Gasteiger partial charge in [-0.15, -0.1) is 0 Å². The summed E-state index contributed by atoms with van der Waals surface area (Å²) in [5, 5.41) is 0. The standard InChI is InChI=1S/C34H48N2.2C2H5O.Ni/c1-7-13-15-16-18-32-31(17-14-8-2)33(29-21-25(9-3)19-26(10-4)22-29)36(35)34(32)30-23-27(11-5)20-28(12-6)24-30;2*1-2-3;/h19-24H,7-18H2,1-6H3;2*2H2,1H3;/q;2*-1;+2. The molecule has 2 aromatic rings. The fourth-order valence-corrected chi connectivity index (χ4v) is 5.90. The fraction of sp³-hybridized carbons (Fsp3) is 0.579. The molecule has 0 radical (unpaired) electrons. The van der Waals surface area contributed by atoms with Crippen molar-refractivity contribution in [2.24, 2.45) is 0 Å². The Kier molecular flexibility index (Phi) is 18.0. The first-order valence-corrected chi connectivity index (χ1v) is 17.8. The summed E-state index contributed by atoms with van der Waals surface area (Å²) in [5.41, 5.74) is 24.5. The van der Waals surface area contributed by atoms with E-state index >= 15 is 0 Å². The van der Waals surface area contributed by atoms with Gasteiger partial charge in [0.15, 0.2) is 0 Å². The van der Waals surface area contributed by atoms with Gasteiger partial charge in [-0.2, -0.15) is 0 Å². The molecule has 0 spiro atoms. The van der Waals surface area contributed by atoms with Crippen LogP contribution in [0, 0.1) is 0 Å². The first-order chi connectivity index (χ1) is 20.9. The topological polar surface area (TPSA) is 43.8 Å². The second-order valence-corrected chi connectivity index (χ2v) is 11.9. The van der Waals surface area contributed by atoms with E-state index < -0.39 is 0 Å². The van der Waals surface area contributed by atoms with Gasteiger partial charge in [-0.25, -0.2) is 4.70 Å². The van der Waals surface area contributed by atoms with E-state index in [0.29, 0.717) is 13.2 Å². The summed E-state index contributed by atoms with van der Waals surface area (Å²) in [6.07, 6.45) is 13.3. The Morgan fingerprint density at radius 1 is 0.535 bits per heavy atom. The molecule has 0 amide bonds. The number of rotatable bonds is 18. The molecule has 0 aliphatic carbocycles. The SMILES string of the molecule is CCCCCCC1=C(c2cc(CC)cc(CC)c2)[N+](=[N-])C(c2cc(CC)cc(CC)c2)=C1CCCC.CC[O][Ni][O]CC. The molecule has 0 saturated heterocycles. The van der Waals surface area contributed by atoms with Crippen LogP contribution in [0.3, 0.4) is 0 Å². The van der Waals surface area contributed by atoms with Gasteiger partial charge in [-0.1, -0.05) is 79.4 Å². The van der Waals surface area contributed by atoms with Crippen LogP contribution in [0.5, 0.6) is 0 Å². The summed E-state index contributed by atoms with van der Waals surface area (Å²) >= 11 is 0.899. The van der Waals surface area contributed by atoms with Crippen molar-refractivity contribution >= 4 is 11.4 Å². The number of hydrogen-bond donors (Lipinski definition) is 0. The van der Waals surface area contributed by atoms with E-state index in [1.807, 2.05) is 13.8 Å². The van der Waals surface area contributed by atoms with Crippen molar-refractivity contribution in [3.8, 4) is 0 Å². The third kappa shape index (κ3) is 11.1. The summed E-state index contributed by atoms with van der Waals surface area (Å²) in [7, 11) is 0. The van der Waals surface area contributed by atoms with E-state index in [9.17, 15) is 5.53 Å². The van der Waals surface area contributed by atoms with Gasteiger partial charge in [0.25, 0.3) is 0 Å². The minimum absolute atomic E-state index is 0.708. The van der Waals surface area contributed by atoms with E-state index in [0.717, 1.165) is 77.8 Å². The Morgan fingerprint density at radius 3 is 1.28 bits per heavy atom. The first kappa shape index (κ1) is 37.1. The summed E-state index contributed by atoms with van der Waals surface area (Å²) in [6, 6.07) is 13.9. The molecule has 3 rings (SSSR count). The summed E-state index contributed by atoms with van der Waals surface area (Å²) in [5.74, 6) is 0. The molecule has 0 atom stereocenters. The molecule has 43 heavy (non-hydrogen) atoms. The zero-order valence-corrected chi connectivity index (χ0v) is 29.4. The average molecular weight is 634 g/mol.